The number of hydrogen-bond donors (Lipinski definition) is 0. The van der Waals surface area contributed by atoms with Crippen LogP contribution in [0.3, 0.4) is 0 Å². The number of aromatic nitrogens is 4. The minimum Gasteiger partial charge on any atom is -0.288 e. The van der Waals surface area contributed by atoms with E-state index in [-0.39, 0.29) is 5.78 Å². The van der Waals surface area contributed by atoms with E-state index in [0.29, 0.717) is 16.6 Å². The first-order chi connectivity index (χ1) is 10.3. The predicted molar refractivity (Wildman–Crippen MR) is 78.2 cm³/mol. The molecule has 0 N–H and O–H groups in total. The second-order valence-electron chi connectivity index (χ2n) is 4.70. The molecule has 0 unspecified atom stereocenters. The average molecular weight is 274 g/mol. The standard InChI is InChI=1S/C16H10N4O/c21-16(14-9-19-20-7-6-18-10-15(14)20)13-3-1-2-11-8-17-5-4-12(11)13/h1-10H. The fourth-order valence-electron chi connectivity index (χ4n) is 2.48. The fraction of sp³-hybridized carbons (Fsp3) is 0. The normalized spacial score (nSPS) is 11.0. The van der Waals surface area contributed by atoms with E-state index in [2.05, 4.69) is 15.1 Å². The van der Waals surface area contributed by atoms with Gasteiger partial charge in [-0.15, -0.1) is 0 Å². The van der Waals surface area contributed by atoms with Crippen molar-refractivity contribution in [3.63, 3.8) is 0 Å². The smallest absolute Gasteiger partial charge is 0.197 e. The summed E-state index contributed by atoms with van der Waals surface area (Å²) in [5.41, 5.74) is 1.90. The summed E-state index contributed by atoms with van der Waals surface area (Å²) in [7, 11) is 0. The van der Waals surface area contributed by atoms with E-state index in [1.807, 2.05) is 24.3 Å². The number of rotatable bonds is 2. The minimum atomic E-state index is -0.0604. The topological polar surface area (TPSA) is 60.2 Å². The van der Waals surface area contributed by atoms with Crippen LogP contribution in [-0.4, -0.2) is 25.4 Å². The number of nitrogens with zero attached hydrogens (tertiary/aromatic N) is 4. The van der Waals surface area contributed by atoms with Gasteiger partial charge in [-0.05, 0) is 11.5 Å². The van der Waals surface area contributed by atoms with Gasteiger partial charge in [0.1, 0.15) is 0 Å². The molecule has 1 aromatic carbocycles. The lowest BCUT2D eigenvalue weighted by Crippen LogP contribution is -2.02. The molecule has 4 rings (SSSR count). The van der Waals surface area contributed by atoms with Crippen LogP contribution in [0.15, 0.2) is 61.4 Å². The van der Waals surface area contributed by atoms with Crippen LogP contribution in [0.1, 0.15) is 15.9 Å². The summed E-state index contributed by atoms with van der Waals surface area (Å²) in [5.74, 6) is -0.0604. The maximum atomic E-state index is 12.8. The number of carbonyl (C=O) groups is 1. The van der Waals surface area contributed by atoms with Crippen LogP contribution in [0.5, 0.6) is 0 Å². The fourth-order valence-corrected chi connectivity index (χ4v) is 2.48. The zero-order valence-corrected chi connectivity index (χ0v) is 11.0. The van der Waals surface area contributed by atoms with Crippen LogP contribution >= 0.6 is 0 Å². The van der Waals surface area contributed by atoms with Crippen molar-refractivity contribution in [3.8, 4) is 0 Å². The Hall–Kier alpha value is -3.08. The highest BCUT2D eigenvalue weighted by Gasteiger charge is 2.16. The van der Waals surface area contributed by atoms with E-state index in [9.17, 15) is 4.79 Å². The molecule has 0 saturated heterocycles. The number of ketones is 1. The van der Waals surface area contributed by atoms with Gasteiger partial charge in [-0.3, -0.25) is 14.8 Å². The number of pyridine rings is 1. The first kappa shape index (κ1) is 11.7. The molecule has 0 atom stereocenters. The van der Waals surface area contributed by atoms with Crippen LogP contribution in [0.25, 0.3) is 16.3 Å². The maximum Gasteiger partial charge on any atom is 0.197 e. The summed E-state index contributed by atoms with van der Waals surface area (Å²) >= 11 is 0. The maximum absolute atomic E-state index is 12.8. The van der Waals surface area contributed by atoms with Crippen LogP contribution in [0, 0.1) is 0 Å². The Kier molecular flexibility index (Phi) is 2.50. The van der Waals surface area contributed by atoms with Crippen molar-refractivity contribution in [3.05, 3.63) is 72.6 Å². The van der Waals surface area contributed by atoms with E-state index in [1.54, 1.807) is 41.7 Å². The molecule has 4 aromatic rings. The quantitative estimate of drug-likeness (QED) is 0.527. The largest absolute Gasteiger partial charge is 0.288 e. The molecule has 0 amide bonds. The summed E-state index contributed by atoms with van der Waals surface area (Å²) in [6, 6.07) is 7.48. The van der Waals surface area contributed by atoms with E-state index >= 15 is 0 Å². The number of benzene rings is 1. The molecule has 100 valence electrons. The molecule has 0 bridgehead atoms. The zero-order chi connectivity index (χ0) is 14.2. The minimum absolute atomic E-state index is 0.0604. The highest BCUT2D eigenvalue weighted by atomic mass is 16.1. The molecule has 0 aliphatic carbocycles. The highest BCUT2D eigenvalue weighted by Crippen LogP contribution is 2.22. The number of carbonyl (C=O) groups excluding carboxylic acids is 1. The van der Waals surface area contributed by atoms with E-state index in [1.165, 1.54) is 0 Å². The van der Waals surface area contributed by atoms with Gasteiger partial charge >= 0.3 is 0 Å². The van der Waals surface area contributed by atoms with Crippen molar-refractivity contribution >= 4 is 22.1 Å². The van der Waals surface area contributed by atoms with Crippen LogP contribution in [-0.2, 0) is 0 Å². The molecule has 0 aliphatic rings. The van der Waals surface area contributed by atoms with Crippen molar-refractivity contribution in [1.29, 1.82) is 0 Å². The molecule has 21 heavy (non-hydrogen) atoms. The predicted octanol–water partition coefficient (Wildman–Crippen LogP) is 2.51. The Balaban J connectivity index is 1.95. The molecule has 0 fully saturated rings. The van der Waals surface area contributed by atoms with Gasteiger partial charge in [-0.25, -0.2) is 4.52 Å². The summed E-state index contributed by atoms with van der Waals surface area (Å²) in [6.07, 6.45) is 10.0. The second kappa shape index (κ2) is 4.49. The number of fused-ring (bicyclic) bond motifs is 2. The third-order valence-corrected chi connectivity index (χ3v) is 3.49. The second-order valence-corrected chi connectivity index (χ2v) is 4.70. The van der Waals surface area contributed by atoms with Crippen molar-refractivity contribution in [2.24, 2.45) is 0 Å². The lowest BCUT2D eigenvalue weighted by atomic mass is 9.99. The molecule has 0 saturated carbocycles. The van der Waals surface area contributed by atoms with Crippen molar-refractivity contribution in [2.45, 2.75) is 0 Å². The Morgan fingerprint density at radius 2 is 1.86 bits per heavy atom. The van der Waals surface area contributed by atoms with Gasteiger partial charge < -0.3 is 0 Å². The average Bonchev–Trinajstić information content (AvgIpc) is 2.98. The van der Waals surface area contributed by atoms with E-state index in [4.69, 9.17) is 0 Å². The molecule has 0 radical (unpaired) electrons. The lowest BCUT2D eigenvalue weighted by Gasteiger charge is -2.04. The van der Waals surface area contributed by atoms with Gasteiger partial charge in [0.15, 0.2) is 5.78 Å². The van der Waals surface area contributed by atoms with Crippen molar-refractivity contribution in [2.75, 3.05) is 0 Å². The van der Waals surface area contributed by atoms with E-state index < -0.39 is 0 Å². The Labute approximate surface area is 119 Å². The molecule has 5 nitrogen and oxygen atoms in total. The molecule has 0 aliphatic heterocycles. The van der Waals surface area contributed by atoms with Gasteiger partial charge in [-0.2, -0.15) is 5.10 Å². The first-order valence-corrected chi connectivity index (χ1v) is 6.49. The summed E-state index contributed by atoms with van der Waals surface area (Å²) in [5, 5.41) is 6.02. The molecular formula is C16H10N4O. The molecule has 3 heterocycles. The summed E-state index contributed by atoms with van der Waals surface area (Å²) in [6.45, 7) is 0. The van der Waals surface area contributed by atoms with Crippen molar-refractivity contribution < 1.29 is 4.79 Å². The van der Waals surface area contributed by atoms with Gasteiger partial charge in [0.25, 0.3) is 0 Å². The van der Waals surface area contributed by atoms with Crippen molar-refractivity contribution in [1.82, 2.24) is 19.6 Å². The first-order valence-electron chi connectivity index (χ1n) is 6.49. The lowest BCUT2D eigenvalue weighted by molar-refractivity contribution is 0.104. The Bertz CT molecular complexity index is 969. The van der Waals surface area contributed by atoms with Gasteiger partial charge in [-0.1, -0.05) is 18.2 Å². The third-order valence-electron chi connectivity index (χ3n) is 3.49. The van der Waals surface area contributed by atoms with Gasteiger partial charge in [0.05, 0.1) is 23.5 Å². The molecule has 0 spiro atoms. The highest BCUT2D eigenvalue weighted by molar-refractivity contribution is 6.18. The SMILES string of the molecule is O=C(c1cccc2cnccc12)c1cnn2ccncc12. The van der Waals surface area contributed by atoms with Crippen LogP contribution in [0.4, 0.5) is 0 Å². The summed E-state index contributed by atoms with van der Waals surface area (Å²) in [4.78, 5) is 21.0. The zero-order valence-electron chi connectivity index (χ0n) is 11.0. The Morgan fingerprint density at radius 3 is 2.81 bits per heavy atom. The Morgan fingerprint density at radius 1 is 0.952 bits per heavy atom. The molecule has 3 aromatic heterocycles. The number of hydrogen-bond acceptors (Lipinski definition) is 4. The van der Waals surface area contributed by atoms with Crippen LogP contribution in [0.2, 0.25) is 0 Å². The van der Waals surface area contributed by atoms with Crippen LogP contribution < -0.4 is 0 Å². The van der Waals surface area contributed by atoms with E-state index in [0.717, 1.165) is 10.8 Å². The van der Waals surface area contributed by atoms with Gasteiger partial charge in [0.2, 0.25) is 0 Å². The third kappa shape index (κ3) is 1.79. The molecular weight excluding hydrogens is 264 g/mol. The van der Waals surface area contributed by atoms with Gasteiger partial charge in [0, 0.05) is 35.7 Å². The monoisotopic (exact) mass is 274 g/mol. The molecule has 5 heteroatoms. The summed E-state index contributed by atoms with van der Waals surface area (Å²) < 4.78 is 1.65.